The molecule has 4 aliphatic carbocycles. The molecule has 0 aliphatic heterocycles. The average Bonchev–Trinajstić information content (AvgIpc) is 4.21. The van der Waals surface area contributed by atoms with Crippen molar-refractivity contribution in [2.75, 3.05) is 55.2 Å². The van der Waals surface area contributed by atoms with Gasteiger partial charge < -0.3 is 44.6 Å². The molecule has 4 aromatic rings. The van der Waals surface area contributed by atoms with Crippen LogP contribution in [0.1, 0.15) is 73.9 Å². The molecule has 65 heavy (non-hydrogen) atoms. The summed E-state index contributed by atoms with van der Waals surface area (Å²) in [5.41, 5.74) is 13.3. The van der Waals surface area contributed by atoms with Gasteiger partial charge >= 0.3 is 5.97 Å². The van der Waals surface area contributed by atoms with E-state index < -0.39 is 25.6 Å². The number of nitrogens with two attached hydrogens (primary N) is 1. The lowest BCUT2D eigenvalue weighted by Crippen LogP contribution is -2.30. The molecule has 2 fully saturated rings. The smallest absolute Gasteiger partial charge is 0.306 e. The van der Waals surface area contributed by atoms with Crippen LogP contribution >= 0.6 is 0 Å². The molecular weight excluding hydrogens is 877 g/mol. The maximum atomic E-state index is 12.8. The molecule has 0 radical (unpaired) electrons. The summed E-state index contributed by atoms with van der Waals surface area (Å²) in [4.78, 5) is 23.2. The topological polar surface area (TPSA) is 216 Å². The minimum Gasteiger partial charge on any atom is -0.493 e. The Morgan fingerprint density at radius 2 is 1.03 bits per heavy atom. The van der Waals surface area contributed by atoms with Gasteiger partial charge in [0.05, 0.1) is 64.4 Å². The van der Waals surface area contributed by atoms with E-state index in [2.05, 4.69) is 12.2 Å². The number of fused-ring (bicyclic) bond motifs is 6. The van der Waals surface area contributed by atoms with Crippen LogP contribution in [0.15, 0.2) is 58.3 Å². The highest BCUT2D eigenvalue weighted by molar-refractivity contribution is 7.91. The van der Waals surface area contributed by atoms with Gasteiger partial charge in [-0.05, 0) is 120 Å². The molecule has 2 saturated carbocycles. The summed E-state index contributed by atoms with van der Waals surface area (Å²) in [6.07, 6.45) is 6.83. The number of nitrogens with one attached hydrogen (secondary N) is 1. The van der Waals surface area contributed by atoms with Crippen molar-refractivity contribution in [2.45, 2.75) is 74.2 Å². The number of methoxy groups -OCH3 is 6. The summed E-state index contributed by atoms with van der Waals surface area (Å²) < 4.78 is 82.0. The molecule has 4 aliphatic rings. The summed E-state index contributed by atoms with van der Waals surface area (Å²) in [6, 6.07) is 13.4. The lowest BCUT2D eigenvalue weighted by Gasteiger charge is -2.22. The fraction of sp³-hybridized carbons (Fsp3) is 0.458. The number of sulfone groups is 2. The highest BCUT2D eigenvalue weighted by Gasteiger charge is 2.41. The van der Waals surface area contributed by atoms with Crippen LogP contribution in [-0.2, 0) is 42.1 Å². The Morgan fingerprint density at radius 3 is 1.40 bits per heavy atom. The van der Waals surface area contributed by atoms with Gasteiger partial charge in [-0.15, -0.1) is 0 Å². The van der Waals surface area contributed by atoms with E-state index in [4.69, 9.17) is 39.3 Å². The molecule has 0 saturated heterocycles. The van der Waals surface area contributed by atoms with Crippen LogP contribution in [-0.4, -0.2) is 89.0 Å². The van der Waals surface area contributed by atoms with E-state index in [9.17, 15) is 26.4 Å². The predicted molar refractivity (Wildman–Crippen MR) is 246 cm³/mol. The van der Waals surface area contributed by atoms with Crippen LogP contribution in [0, 0.1) is 23.7 Å². The molecule has 4 unspecified atom stereocenters. The van der Waals surface area contributed by atoms with Crippen molar-refractivity contribution < 1.29 is 60.0 Å². The second-order valence-corrected chi connectivity index (χ2v) is 21.2. The van der Waals surface area contributed by atoms with Crippen LogP contribution in [0.3, 0.4) is 0 Å². The number of aliphatic carboxylic acids is 1. The molecule has 352 valence electrons. The van der Waals surface area contributed by atoms with E-state index in [1.807, 2.05) is 19.1 Å². The summed E-state index contributed by atoms with van der Waals surface area (Å²) in [7, 11) is 2.68. The molecule has 4 N–H and O–H groups in total. The van der Waals surface area contributed by atoms with Crippen molar-refractivity contribution >= 4 is 31.6 Å². The van der Waals surface area contributed by atoms with Gasteiger partial charge in [0.1, 0.15) is 0 Å². The number of rotatable bonds is 11. The van der Waals surface area contributed by atoms with Crippen LogP contribution in [0.5, 0.6) is 34.5 Å². The average molecular weight is 937 g/mol. The van der Waals surface area contributed by atoms with E-state index in [1.54, 1.807) is 79.1 Å². The number of ether oxygens (including phenoxy) is 6. The minimum atomic E-state index is -3.42. The number of carbonyl (C=O) groups is 2. The first-order valence-electron chi connectivity index (χ1n) is 21.3. The molecular formula is C48H60N2O13S2. The number of amides is 1. The largest absolute Gasteiger partial charge is 0.493 e. The summed E-state index contributed by atoms with van der Waals surface area (Å²) in [5.74, 6) is 3.44. The van der Waals surface area contributed by atoms with Crippen molar-refractivity contribution in [3.63, 3.8) is 0 Å². The van der Waals surface area contributed by atoms with Crippen molar-refractivity contribution in [3.8, 4) is 56.8 Å². The van der Waals surface area contributed by atoms with Gasteiger partial charge in [-0.3, -0.25) is 9.59 Å². The highest BCUT2D eigenvalue weighted by atomic mass is 32.2. The van der Waals surface area contributed by atoms with Gasteiger partial charge in [-0.25, -0.2) is 16.8 Å². The van der Waals surface area contributed by atoms with Crippen molar-refractivity contribution in [2.24, 2.45) is 29.4 Å². The number of carboxylic acid groups (broad SMARTS) is 1. The summed E-state index contributed by atoms with van der Waals surface area (Å²) >= 11 is 0. The van der Waals surface area contributed by atoms with Gasteiger partial charge in [0.15, 0.2) is 42.7 Å². The van der Waals surface area contributed by atoms with Gasteiger partial charge in [0.25, 0.3) is 0 Å². The highest BCUT2D eigenvalue weighted by Crippen LogP contribution is 2.52. The first kappa shape index (κ1) is 48.9. The lowest BCUT2D eigenvalue weighted by atomic mass is 9.93. The third-order valence-electron chi connectivity index (χ3n) is 12.7. The van der Waals surface area contributed by atoms with E-state index in [0.29, 0.717) is 65.6 Å². The second kappa shape index (κ2) is 19.5. The zero-order valence-corrected chi connectivity index (χ0v) is 40.2. The van der Waals surface area contributed by atoms with Gasteiger partial charge in [-0.1, -0.05) is 26.0 Å². The first-order chi connectivity index (χ1) is 30.7. The molecule has 0 bridgehead atoms. The number of hydrogen-bond acceptors (Lipinski definition) is 13. The van der Waals surface area contributed by atoms with Gasteiger partial charge in [-0.2, -0.15) is 0 Å². The molecule has 8 rings (SSSR count). The molecule has 1 amide bonds. The first-order valence-corrected chi connectivity index (χ1v) is 25.1. The molecule has 15 nitrogen and oxygen atoms in total. The Labute approximate surface area is 381 Å². The zero-order chi connectivity index (χ0) is 47.7. The Bertz CT molecular complexity index is 2700. The van der Waals surface area contributed by atoms with Gasteiger partial charge in [0.2, 0.25) is 17.4 Å². The molecule has 0 heterocycles. The maximum absolute atomic E-state index is 12.8. The van der Waals surface area contributed by atoms with Crippen molar-refractivity contribution in [1.82, 2.24) is 5.32 Å². The zero-order valence-electron chi connectivity index (χ0n) is 38.6. The number of hydrogen-bond donors (Lipinski definition) is 3. The van der Waals surface area contributed by atoms with E-state index in [-0.39, 0.29) is 39.6 Å². The molecule has 0 aromatic heterocycles. The van der Waals surface area contributed by atoms with Crippen LogP contribution in [0.25, 0.3) is 22.3 Å². The normalized spacial score (nSPS) is 21.2. The maximum Gasteiger partial charge on any atom is 0.306 e. The third-order valence-corrected chi connectivity index (χ3v) is 14.9. The molecule has 0 spiro atoms. The Morgan fingerprint density at radius 1 is 0.615 bits per heavy atom. The monoisotopic (exact) mass is 936 g/mol. The quantitative estimate of drug-likeness (QED) is 0.138. The Balaban J connectivity index is 0.000000190. The van der Waals surface area contributed by atoms with Crippen LogP contribution in [0.4, 0.5) is 0 Å². The molecule has 6 atom stereocenters. The van der Waals surface area contributed by atoms with Crippen molar-refractivity contribution in [3.05, 3.63) is 70.8 Å². The lowest BCUT2D eigenvalue weighted by molar-refractivity contribution is -0.138. The molecule has 4 aromatic carbocycles. The Hall–Kier alpha value is -5.52. The fourth-order valence-corrected chi connectivity index (χ4v) is 10.0. The third kappa shape index (κ3) is 10.3. The Kier molecular flexibility index (Phi) is 14.7. The summed E-state index contributed by atoms with van der Waals surface area (Å²) in [5, 5.41) is 11.4. The van der Waals surface area contributed by atoms with E-state index in [0.717, 1.165) is 63.8 Å². The number of carboxylic acids is 1. The van der Waals surface area contributed by atoms with Gasteiger partial charge in [0, 0.05) is 35.6 Å². The minimum absolute atomic E-state index is 0.0139. The number of carbonyl (C=O) groups excluding carboxylic acids is 1. The number of benzene rings is 4. The second-order valence-electron chi connectivity index (χ2n) is 17.1. The van der Waals surface area contributed by atoms with E-state index >= 15 is 0 Å². The van der Waals surface area contributed by atoms with Crippen LogP contribution < -0.4 is 39.5 Å². The number of aryl methyl sites for hydroxylation is 2. The van der Waals surface area contributed by atoms with Crippen LogP contribution in [0.2, 0.25) is 0 Å². The van der Waals surface area contributed by atoms with Crippen molar-refractivity contribution in [1.29, 1.82) is 0 Å². The fourth-order valence-electron chi connectivity index (χ4n) is 8.70. The molecule has 17 heteroatoms. The SMILES string of the molecule is CC1CC1C(=O)O.COc1cc2c(c(OC)c1OC)-c1ccc(S(C)(=O)=O)cc1[C@@H](N)CC2.COc1cc2c(c(OC)c1OC)-c1ccc(S(C)(=O)=O)cc1[C@@H](NC(=O)C1CC1C)CC2. The predicted octanol–water partition coefficient (Wildman–Crippen LogP) is 7.00. The standard InChI is InChI=1S/C24H29NO6S.C19H23NO5S.C5H8O2/c1-13-10-17(13)24(26)25-19-9-6-14-11-20(29-2)22(30-3)23(31-4)21(14)16-8-7-15(12-18(16)19)32(5,27)28;1-23-16-9-11-5-8-15(20)14-10-12(26(4,21)22)6-7-13(14)17(11)19(25-3)18(16)24-2;1-3-2-4(3)5(6)7/h7-8,11-13,17,19H,6,9-10H2,1-5H3,(H,25,26);6-7,9-10,15H,5,8,20H2,1-4H3;3-4H,2H2,1H3,(H,6,7)/t13?,17?,19-;15-;/m00./s1. The van der Waals surface area contributed by atoms with E-state index in [1.165, 1.54) is 12.5 Å². The summed E-state index contributed by atoms with van der Waals surface area (Å²) in [6.45, 7) is 4.02.